The average molecular weight is 317 g/mol. The molecule has 1 rings (SSSR count). The van der Waals surface area contributed by atoms with Gasteiger partial charge in [0, 0.05) is 11.0 Å². The van der Waals surface area contributed by atoms with Gasteiger partial charge in [0.05, 0.1) is 13.0 Å². The summed E-state index contributed by atoms with van der Waals surface area (Å²) in [5.41, 5.74) is 5.60. The molecular formula is C12H14BrFN2O2. The van der Waals surface area contributed by atoms with Crippen LogP contribution in [-0.2, 0) is 16.0 Å². The molecule has 1 aromatic carbocycles. The monoisotopic (exact) mass is 316 g/mol. The van der Waals surface area contributed by atoms with E-state index in [1.165, 1.54) is 17.0 Å². The molecule has 0 unspecified atom stereocenters. The minimum atomic E-state index is -0.566. The summed E-state index contributed by atoms with van der Waals surface area (Å²) in [6, 6.07) is 4.14. The minimum Gasteiger partial charge on any atom is -0.368 e. The third-order valence-electron chi connectivity index (χ3n) is 2.43. The first kappa shape index (κ1) is 14.6. The quantitative estimate of drug-likeness (QED) is 0.894. The minimum absolute atomic E-state index is 0.0272. The van der Waals surface area contributed by atoms with Gasteiger partial charge in [0.25, 0.3) is 0 Å². The van der Waals surface area contributed by atoms with Crippen molar-refractivity contribution in [1.29, 1.82) is 0 Å². The molecule has 0 heterocycles. The Morgan fingerprint density at radius 3 is 2.67 bits per heavy atom. The lowest BCUT2D eigenvalue weighted by atomic mass is 10.1. The Morgan fingerprint density at radius 1 is 1.44 bits per heavy atom. The van der Waals surface area contributed by atoms with Crippen molar-refractivity contribution in [2.75, 3.05) is 13.1 Å². The first-order chi connectivity index (χ1) is 8.43. The van der Waals surface area contributed by atoms with Crippen molar-refractivity contribution in [2.45, 2.75) is 13.3 Å². The number of amides is 2. The van der Waals surface area contributed by atoms with E-state index in [-0.39, 0.29) is 18.9 Å². The van der Waals surface area contributed by atoms with Crippen LogP contribution >= 0.6 is 15.9 Å². The van der Waals surface area contributed by atoms with Gasteiger partial charge in [-0.05, 0) is 30.7 Å². The van der Waals surface area contributed by atoms with Gasteiger partial charge in [0.2, 0.25) is 11.8 Å². The van der Waals surface area contributed by atoms with Crippen LogP contribution in [0.4, 0.5) is 4.39 Å². The van der Waals surface area contributed by atoms with E-state index in [1.807, 2.05) is 0 Å². The second-order valence-electron chi connectivity index (χ2n) is 3.79. The Hall–Kier alpha value is -1.43. The van der Waals surface area contributed by atoms with Gasteiger partial charge in [0.1, 0.15) is 5.82 Å². The first-order valence-electron chi connectivity index (χ1n) is 5.44. The molecule has 2 amide bonds. The number of hydrogen-bond donors (Lipinski definition) is 1. The predicted molar refractivity (Wildman–Crippen MR) is 69.3 cm³/mol. The fourth-order valence-electron chi connectivity index (χ4n) is 1.52. The molecule has 4 nitrogen and oxygen atoms in total. The highest BCUT2D eigenvalue weighted by Crippen LogP contribution is 2.19. The summed E-state index contributed by atoms with van der Waals surface area (Å²) in [6.07, 6.45) is 0.0272. The molecule has 1 aromatic rings. The molecule has 0 aliphatic carbocycles. The number of carbonyl (C=O) groups excluding carboxylic acids is 2. The van der Waals surface area contributed by atoms with Crippen molar-refractivity contribution in [3.8, 4) is 0 Å². The van der Waals surface area contributed by atoms with Crippen molar-refractivity contribution in [3.05, 3.63) is 34.1 Å². The zero-order chi connectivity index (χ0) is 13.7. The van der Waals surface area contributed by atoms with Gasteiger partial charge >= 0.3 is 0 Å². The summed E-state index contributed by atoms with van der Waals surface area (Å²) in [4.78, 5) is 24.1. The molecule has 6 heteroatoms. The smallest absolute Gasteiger partial charge is 0.237 e. The Morgan fingerprint density at radius 2 is 2.11 bits per heavy atom. The van der Waals surface area contributed by atoms with Gasteiger partial charge in [-0.25, -0.2) is 4.39 Å². The zero-order valence-corrected chi connectivity index (χ0v) is 11.5. The van der Waals surface area contributed by atoms with E-state index in [0.29, 0.717) is 16.6 Å². The number of rotatable bonds is 5. The Kier molecular flexibility index (Phi) is 5.27. The largest absolute Gasteiger partial charge is 0.368 e. The molecule has 98 valence electrons. The fraction of sp³-hybridized carbons (Fsp3) is 0.333. The van der Waals surface area contributed by atoms with Gasteiger partial charge in [-0.2, -0.15) is 0 Å². The molecule has 0 fully saturated rings. The van der Waals surface area contributed by atoms with Crippen LogP contribution in [0.5, 0.6) is 0 Å². The molecule has 0 aromatic heterocycles. The van der Waals surface area contributed by atoms with Crippen LogP contribution in [0.2, 0.25) is 0 Å². The number of benzene rings is 1. The Bertz CT molecular complexity index is 465. The maximum atomic E-state index is 13.1. The maximum absolute atomic E-state index is 13.1. The van der Waals surface area contributed by atoms with Crippen LogP contribution in [0, 0.1) is 5.82 Å². The van der Waals surface area contributed by atoms with Crippen molar-refractivity contribution in [2.24, 2.45) is 5.73 Å². The van der Waals surface area contributed by atoms with E-state index < -0.39 is 11.7 Å². The zero-order valence-electron chi connectivity index (χ0n) is 9.95. The standard InChI is InChI=1S/C12H14BrFN2O2/c1-2-16(7-11(15)17)12(18)6-8-5-9(14)3-4-10(8)13/h3-5H,2,6-7H2,1H3,(H2,15,17). The molecule has 0 bridgehead atoms. The third kappa shape index (κ3) is 4.10. The van der Waals surface area contributed by atoms with Crippen molar-refractivity contribution in [3.63, 3.8) is 0 Å². The molecule has 0 aliphatic rings. The van der Waals surface area contributed by atoms with E-state index in [4.69, 9.17) is 5.73 Å². The average Bonchev–Trinajstić information content (AvgIpc) is 2.30. The number of halogens is 2. The summed E-state index contributed by atoms with van der Waals surface area (Å²) < 4.78 is 13.7. The van der Waals surface area contributed by atoms with Crippen LogP contribution in [0.15, 0.2) is 22.7 Å². The second-order valence-corrected chi connectivity index (χ2v) is 4.64. The summed E-state index contributed by atoms with van der Waals surface area (Å²) >= 11 is 3.25. The lowest BCUT2D eigenvalue weighted by Crippen LogP contribution is -2.39. The molecule has 0 saturated heterocycles. The number of likely N-dealkylation sites (N-methyl/N-ethyl adjacent to an activating group) is 1. The van der Waals surface area contributed by atoms with Crippen molar-refractivity contribution >= 4 is 27.7 Å². The fourth-order valence-corrected chi connectivity index (χ4v) is 1.90. The number of nitrogens with two attached hydrogens (primary N) is 1. The van der Waals surface area contributed by atoms with Crippen LogP contribution in [0.1, 0.15) is 12.5 Å². The first-order valence-corrected chi connectivity index (χ1v) is 6.23. The van der Waals surface area contributed by atoms with Gasteiger partial charge in [-0.3, -0.25) is 9.59 Å². The summed E-state index contributed by atoms with van der Waals surface area (Å²) in [5.74, 6) is -1.23. The van der Waals surface area contributed by atoms with Crippen molar-refractivity contribution in [1.82, 2.24) is 4.90 Å². The Balaban J connectivity index is 2.79. The van der Waals surface area contributed by atoms with Gasteiger partial charge in [-0.1, -0.05) is 15.9 Å². The van der Waals surface area contributed by atoms with Crippen molar-refractivity contribution < 1.29 is 14.0 Å². The number of nitrogens with zero attached hydrogens (tertiary/aromatic N) is 1. The summed E-state index contributed by atoms with van der Waals surface area (Å²) in [7, 11) is 0. The molecular weight excluding hydrogens is 303 g/mol. The molecule has 0 atom stereocenters. The highest BCUT2D eigenvalue weighted by Gasteiger charge is 2.16. The van der Waals surface area contributed by atoms with Crippen LogP contribution in [-0.4, -0.2) is 29.8 Å². The maximum Gasteiger partial charge on any atom is 0.237 e. The molecule has 0 aliphatic heterocycles. The Labute approximate surface area is 113 Å². The second kappa shape index (κ2) is 6.49. The van der Waals surface area contributed by atoms with E-state index in [2.05, 4.69) is 15.9 Å². The molecule has 0 saturated carbocycles. The van der Waals surface area contributed by atoms with E-state index >= 15 is 0 Å². The van der Waals surface area contributed by atoms with Crippen LogP contribution in [0.3, 0.4) is 0 Å². The summed E-state index contributed by atoms with van der Waals surface area (Å²) in [5, 5.41) is 0. The highest BCUT2D eigenvalue weighted by atomic mass is 79.9. The van der Waals surface area contributed by atoms with E-state index in [1.54, 1.807) is 13.0 Å². The molecule has 0 radical (unpaired) electrons. The summed E-state index contributed by atoms with van der Waals surface area (Å²) in [6.45, 7) is 2.01. The lowest BCUT2D eigenvalue weighted by molar-refractivity contribution is -0.134. The predicted octanol–water partition coefficient (Wildman–Crippen LogP) is 1.46. The third-order valence-corrected chi connectivity index (χ3v) is 3.20. The molecule has 2 N–H and O–H groups in total. The number of hydrogen-bond acceptors (Lipinski definition) is 2. The SMILES string of the molecule is CCN(CC(N)=O)C(=O)Cc1cc(F)ccc1Br. The lowest BCUT2D eigenvalue weighted by Gasteiger charge is -2.19. The number of primary amides is 1. The van der Waals surface area contributed by atoms with Crippen LogP contribution in [0.25, 0.3) is 0 Å². The van der Waals surface area contributed by atoms with Gasteiger partial charge in [-0.15, -0.1) is 0 Å². The van der Waals surface area contributed by atoms with E-state index in [9.17, 15) is 14.0 Å². The van der Waals surface area contributed by atoms with Crippen LogP contribution < -0.4 is 5.73 Å². The highest BCUT2D eigenvalue weighted by molar-refractivity contribution is 9.10. The van der Waals surface area contributed by atoms with E-state index in [0.717, 1.165) is 0 Å². The molecule has 18 heavy (non-hydrogen) atoms. The van der Waals surface area contributed by atoms with Gasteiger partial charge < -0.3 is 10.6 Å². The normalized spacial score (nSPS) is 10.2. The van der Waals surface area contributed by atoms with Gasteiger partial charge in [0.15, 0.2) is 0 Å². The number of carbonyl (C=O) groups is 2. The molecule has 0 spiro atoms. The topological polar surface area (TPSA) is 63.4 Å².